The minimum Gasteiger partial charge on any atom is -0.381 e. The molecule has 2 aliphatic rings. The predicted octanol–water partition coefficient (Wildman–Crippen LogP) is 1.56. The highest BCUT2D eigenvalue weighted by molar-refractivity contribution is 5.21. The van der Waals surface area contributed by atoms with Crippen LogP contribution in [0.4, 0.5) is 10.1 Å². The van der Waals surface area contributed by atoms with Gasteiger partial charge in [0.2, 0.25) is 0 Å². The molecule has 0 amide bonds. The third-order valence-corrected chi connectivity index (χ3v) is 4.38. The SMILES string of the molecule is O=[N+]([O-])c1cnn([C@@H]2CCN(C3CCOCC3)C[C@H]2F)c1. The summed E-state index contributed by atoms with van der Waals surface area (Å²) in [5, 5.41) is 14.6. The van der Waals surface area contributed by atoms with Crippen LogP contribution in [-0.4, -0.2) is 58.1 Å². The van der Waals surface area contributed by atoms with Crippen LogP contribution in [0.5, 0.6) is 0 Å². The van der Waals surface area contributed by atoms with Crippen LogP contribution in [0, 0.1) is 10.1 Å². The summed E-state index contributed by atoms with van der Waals surface area (Å²) in [5.74, 6) is 0. The van der Waals surface area contributed by atoms with Gasteiger partial charge in [-0.2, -0.15) is 5.10 Å². The first-order chi connectivity index (χ1) is 10.1. The molecule has 0 unspecified atom stereocenters. The van der Waals surface area contributed by atoms with Gasteiger partial charge in [-0.3, -0.25) is 19.7 Å². The largest absolute Gasteiger partial charge is 0.381 e. The summed E-state index contributed by atoms with van der Waals surface area (Å²) in [6, 6.07) is -0.0142. The normalized spacial score (nSPS) is 28.6. The van der Waals surface area contributed by atoms with Crippen molar-refractivity contribution in [3.05, 3.63) is 22.5 Å². The van der Waals surface area contributed by atoms with E-state index in [4.69, 9.17) is 4.74 Å². The molecule has 1 aromatic rings. The minimum absolute atomic E-state index is 0.0888. The molecule has 0 aromatic carbocycles. The molecule has 116 valence electrons. The molecule has 0 spiro atoms. The summed E-state index contributed by atoms with van der Waals surface area (Å²) >= 11 is 0. The van der Waals surface area contributed by atoms with Crippen molar-refractivity contribution in [2.75, 3.05) is 26.3 Å². The third-order valence-electron chi connectivity index (χ3n) is 4.38. The molecule has 2 fully saturated rings. The lowest BCUT2D eigenvalue weighted by atomic mass is 9.98. The first kappa shape index (κ1) is 14.4. The van der Waals surface area contributed by atoms with Gasteiger partial charge in [-0.05, 0) is 19.3 Å². The van der Waals surface area contributed by atoms with E-state index in [2.05, 4.69) is 10.00 Å². The van der Waals surface area contributed by atoms with Gasteiger partial charge in [0.15, 0.2) is 0 Å². The number of nitrogens with zero attached hydrogens (tertiary/aromatic N) is 4. The van der Waals surface area contributed by atoms with Crippen molar-refractivity contribution >= 4 is 5.69 Å². The molecule has 2 atom stereocenters. The molecule has 2 saturated heterocycles. The second-order valence-corrected chi connectivity index (χ2v) is 5.65. The number of halogens is 1. The summed E-state index contributed by atoms with van der Waals surface area (Å²) in [7, 11) is 0. The molecule has 0 saturated carbocycles. The summed E-state index contributed by atoms with van der Waals surface area (Å²) in [4.78, 5) is 12.4. The van der Waals surface area contributed by atoms with E-state index >= 15 is 0 Å². The van der Waals surface area contributed by atoms with E-state index in [0.717, 1.165) is 32.6 Å². The Morgan fingerprint density at radius 1 is 1.38 bits per heavy atom. The fourth-order valence-corrected chi connectivity index (χ4v) is 3.20. The van der Waals surface area contributed by atoms with Crippen LogP contribution in [-0.2, 0) is 4.74 Å². The fourth-order valence-electron chi connectivity index (χ4n) is 3.20. The van der Waals surface area contributed by atoms with Crippen molar-refractivity contribution in [2.24, 2.45) is 0 Å². The van der Waals surface area contributed by atoms with Gasteiger partial charge in [-0.25, -0.2) is 4.39 Å². The van der Waals surface area contributed by atoms with Crippen molar-refractivity contribution in [1.82, 2.24) is 14.7 Å². The molecular weight excluding hydrogens is 279 g/mol. The molecule has 7 nitrogen and oxygen atoms in total. The molecule has 2 aliphatic heterocycles. The van der Waals surface area contributed by atoms with Crippen molar-refractivity contribution in [3.8, 4) is 0 Å². The van der Waals surface area contributed by atoms with Crippen LogP contribution in [0.3, 0.4) is 0 Å². The summed E-state index contributed by atoms with van der Waals surface area (Å²) in [6.07, 6.45) is 3.96. The maximum absolute atomic E-state index is 14.4. The van der Waals surface area contributed by atoms with Gasteiger partial charge in [0.05, 0.1) is 11.0 Å². The van der Waals surface area contributed by atoms with Crippen molar-refractivity contribution in [1.29, 1.82) is 0 Å². The quantitative estimate of drug-likeness (QED) is 0.625. The zero-order chi connectivity index (χ0) is 14.8. The summed E-state index contributed by atoms with van der Waals surface area (Å²) in [6.45, 7) is 2.65. The molecule has 3 rings (SSSR count). The Kier molecular flexibility index (Phi) is 4.16. The van der Waals surface area contributed by atoms with Gasteiger partial charge in [0, 0.05) is 32.3 Å². The summed E-state index contributed by atoms with van der Waals surface area (Å²) in [5.41, 5.74) is -0.0888. The number of piperidine rings is 1. The van der Waals surface area contributed by atoms with Crippen LogP contribution in [0.25, 0.3) is 0 Å². The number of aromatic nitrogens is 2. The number of likely N-dealkylation sites (tertiary alicyclic amines) is 1. The highest BCUT2D eigenvalue weighted by Crippen LogP contribution is 2.29. The number of alkyl halides is 1. The second-order valence-electron chi connectivity index (χ2n) is 5.65. The topological polar surface area (TPSA) is 73.4 Å². The Morgan fingerprint density at radius 3 is 2.76 bits per heavy atom. The third kappa shape index (κ3) is 3.06. The molecule has 0 bridgehead atoms. The minimum atomic E-state index is -1.05. The first-order valence-corrected chi connectivity index (χ1v) is 7.29. The highest BCUT2D eigenvalue weighted by Gasteiger charge is 2.35. The van der Waals surface area contributed by atoms with E-state index in [1.165, 1.54) is 17.1 Å². The average Bonchev–Trinajstić information content (AvgIpc) is 2.98. The molecule has 21 heavy (non-hydrogen) atoms. The van der Waals surface area contributed by atoms with E-state index in [1.807, 2.05) is 0 Å². The molecule has 3 heterocycles. The zero-order valence-corrected chi connectivity index (χ0v) is 11.7. The molecule has 8 heteroatoms. The summed E-state index contributed by atoms with van der Waals surface area (Å²) < 4.78 is 21.2. The molecular formula is C13H19FN4O3. The predicted molar refractivity (Wildman–Crippen MR) is 72.8 cm³/mol. The Hall–Kier alpha value is -1.54. The van der Waals surface area contributed by atoms with Gasteiger partial charge in [0.25, 0.3) is 0 Å². The van der Waals surface area contributed by atoms with E-state index in [9.17, 15) is 14.5 Å². The number of nitro groups is 1. The Morgan fingerprint density at radius 2 is 2.14 bits per heavy atom. The lowest BCUT2D eigenvalue weighted by Crippen LogP contribution is -2.49. The Bertz CT molecular complexity index is 503. The lowest BCUT2D eigenvalue weighted by Gasteiger charge is -2.40. The van der Waals surface area contributed by atoms with E-state index in [-0.39, 0.29) is 5.69 Å². The molecule has 0 aliphatic carbocycles. The number of hydrogen-bond acceptors (Lipinski definition) is 5. The number of rotatable bonds is 3. The fraction of sp³-hybridized carbons (Fsp3) is 0.769. The van der Waals surface area contributed by atoms with Gasteiger partial charge < -0.3 is 4.74 Å². The standard InChI is InChI=1S/C13H19FN4O3/c14-12-9-16(10-2-5-21-6-3-10)4-1-13(12)17-8-11(7-15-17)18(19)20/h7-8,10,12-13H,1-6,9H2/t12-,13-/m1/s1. The number of hydrogen-bond donors (Lipinski definition) is 0. The van der Waals surface area contributed by atoms with Gasteiger partial charge in [-0.1, -0.05) is 0 Å². The molecule has 1 aromatic heterocycles. The monoisotopic (exact) mass is 298 g/mol. The molecule has 0 radical (unpaired) electrons. The van der Waals surface area contributed by atoms with Crippen molar-refractivity contribution < 1.29 is 14.1 Å². The highest BCUT2D eigenvalue weighted by atomic mass is 19.1. The average molecular weight is 298 g/mol. The van der Waals surface area contributed by atoms with Crippen LogP contribution in [0.2, 0.25) is 0 Å². The van der Waals surface area contributed by atoms with Crippen LogP contribution in [0.15, 0.2) is 12.4 Å². The van der Waals surface area contributed by atoms with Gasteiger partial charge in [-0.15, -0.1) is 0 Å². The zero-order valence-electron chi connectivity index (χ0n) is 11.7. The Balaban J connectivity index is 1.63. The molecule has 0 N–H and O–H groups in total. The second kappa shape index (κ2) is 6.07. The van der Waals surface area contributed by atoms with E-state index < -0.39 is 17.1 Å². The van der Waals surface area contributed by atoms with E-state index in [1.54, 1.807) is 0 Å². The van der Waals surface area contributed by atoms with Crippen LogP contribution >= 0.6 is 0 Å². The van der Waals surface area contributed by atoms with Crippen LogP contribution in [0.1, 0.15) is 25.3 Å². The van der Waals surface area contributed by atoms with Crippen molar-refractivity contribution in [2.45, 2.75) is 37.5 Å². The maximum Gasteiger partial charge on any atom is 0.307 e. The maximum atomic E-state index is 14.4. The first-order valence-electron chi connectivity index (χ1n) is 7.29. The Labute approximate surface area is 121 Å². The van der Waals surface area contributed by atoms with Crippen molar-refractivity contribution in [3.63, 3.8) is 0 Å². The van der Waals surface area contributed by atoms with E-state index in [0.29, 0.717) is 19.0 Å². The van der Waals surface area contributed by atoms with Gasteiger partial charge >= 0.3 is 5.69 Å². The smallest absolute Gasteiger partial charge is 0.307 e. The van der Waals surface area contributed by atoms with Crippen LogP contribution < -0.4 is 0 Å². The van der Waals surface area contributed by atoms with Gasteiger partial charge in [0.1, 0.15) is 18.6 Å². The number of ether oxygens (including phenoxy) is 1. The lowest BCUT2D eigenvalue weighted by molar-refractivity contribution is -0.385.